The lowest BCUT2D eigenvalue weighted by Gasteiger charge is -2.15. The molecule has 276 valence electrons. The molecule has 1 atom stereocenters. The first-order valence-corrected chi connectivity index (χ1v) is 20.0. The van der Waals surface area contributed by atoms with Gasteiger partial charge in [0, 0.05) is 13.0 Å². The Morgan fingerprint density at radius 2 is 0.917 bits per heavy atom. The largest absolute Gasteiger partial charge is 0.457 e. The smallest absolute Gasteiger partial charge is 0.306 e. The van der Waals surface area contributed by atoms with Crippen molar-refractivity contribution in [2.24, 2.45) is 0 Å². The van der Waals surface area contributed by atoms with Gasteiger partial charge in [-0.3, -0.25) is 4.79 Å². The van der Waals surface area contributed by atoms with Gasteiger partial charge in [-0.15, -0.1) is 0 Å². The molecule has 0 heterocycles. The van der Waals surface area contributed by atoms with E-state index in [9.17, 15) is 9.90 Å². The van der Waals surface area contributed by atoms with Crippen molar-refractivity contribution < 1.29 is 19.4 Å². The summed E-state index contributed by atoms with van der Waals surface area (Å²) in [5, 5.41) is 9.57. The minimum atomic E-state index is -0.565. The Balaban J connectivity index is 3.57. The third kappa shape index (κ3) is 38.3. The lowest BCUT2D eigenvalue weighted by molar-refractivity contribution is -0.154. The van der Waals surface area contributed by atoms with Gasteiger partial charge in [-0.1, -0.05) is 183 Å². The zero-order chi connectivity index (χ0) is 34.9. The van der Waals surface area contributed by atoms with Crippen LogP contribution in [0.1, 0.15) is 174 Å². The minimum Gasteiger partial charge on any atom is -0.457 e. The van der Waals surface area contributed by atoms with Crippen LogP contribution < -0.4 is 0 Å². The van der Waals surface area contributed by atoms with E-state index in [1.807, 2.05) is 0 Å². The summed E-state index contributed by atoms with van der Waals surface area (Å²) >= 11 is 0. The van der Waals surface area contributed by atoms with Crippen molar-refractivity contribution in [1.29, 1.82) is 0 Å². The summed E-state index contributed by atoms with van der Waals surface area (Å²) in [6, 6.07) is 0. The number of aliphatic hydroxyl groups excluding tert-OH is 1. The Kier molecular flexibility index (Phi) is 39.1. The Morgan fingerprint density at radius 1 is 0.521 bits per heavy atom. The van der Waals surface area contributed by atoms with Crippen LogP contribution in [0.4, 0.5) is 0 Å². The molecule has 0 fully saturated rings. The van der Waals surface area contributed by atoms with E-state index >= 15 is 0 Å². The van der Waals surface area contributed by atoms with E-state index in [0.717, 1.165) is 64.2 Å². The Hall–Kier alpha value is -2.17. The van der Waals surface area contributed by atoms with Crippen LogP contribution in [0.3, 0.4) is 0 Å². The van der Waals surface area contributed by atoms with Gasteiger partial charge in [0.15, 0.2) is 0 Å². The standard InChI is InChI=1S/C44H76O4/c1-3-5-7-9-11-13-15-17-19-21-22-23-24-26-28-30-32-34-36-38-40-47-42-43(41-45)48-44(46)39-37-35-33-31-29-27-25-20-18-16-14-12-10-8-6-4-2/h5,7,11,13,17,19,22-23,26,28,32,34,43,45H,3-4,6,8-10,12,14-16,18,20-21,24-25,27,29-31,33,35-42H2,1-2H3/b7-5-,13-11-,19-17-,23-22-,28-26-,34-32-. The van der Waals surface area contributed by atoms with Crippen molar-refractivity contribution >= 4 is 5.97 Å². The molecule has 0 rings (SSSR count). The van der Waals surface area contributed by atoms with Gasteiger partial charge in [-0.2, -0.15) is 0 Å². The first-order valence-electron chi connectivity index (χ1n) is 20.0. The van der Waals surface area contributed by atoms with Gasteiger partial charge in [0.2, 0.25) is 0 Å². The molecule has 0 bridgehead atoms. The zero-order valence-electron chi connectivity index (χ0n) is 31.5. The van der Waals surface area contributed by atoms with Gasteiger partial charge in [0.1, 0.15) is 6.10 Å². The second-order valence-corrected chi connectivity index (χ2v) is 13.0. The van der Waals surface area contributed by atoms with Crippen LogP contribution in [-0.2, 0) is 14.3 Å². The third-order valence-corrected chi connectivity index (χ3v) is 8.30. The molecular weight excluding hydrogens is 592 g/mol. The molecule has 0 aliphatic carbocycles. The van der Waals surface area contributed by atoms with E-state index < -0.39 is 6.10 Å². The number of aliphatic hydroxyl groups is 1. The molecule has 0 saturated carbocycles. The van der Waals surface area contributed by atoms with Crippen molar-refractivity contribution in [1.82, 2.24) is 0 Å². The number of allylic oxidation sites excluding steroid dienone is 12. The molecule has 0 aromatic heterocycles. The maximum atomic E-state index is 12.2. The van der Waals surface area contributed by atoms with E-state index in [1.165, 1.54) is 89.9 Å². The SMILES string of the molecule is CC/C=C\C/C=C\C/C=C\C/C=C\C/C=C\C/C=C\CCCOCC(CO)OC(=O)CCCCCCCCCCCCCCCCCC. The van der Waals surface area contributed by atoms with Gasteiger partial charge in [-0.25, -0.2) is 0 Å². The van der Waals surface area contributed by atoms with Crippen molar-refractivity contribution in [3.63, 3.8) is 0 Å². The fourth-order valence-corrected chi connectivity index (χ4v) is 5.34. The number of ether oxygens (including phenoxy) is 2. The van der Waals surface area contributed by atoms with E-state index in [4.69, 9.17) is 9.47 Å². The molecule has 0 aliphatic heterocycles. The van der Waals surface area contributed by atoms with Crippen LogP contribution in [0, 0.1) is 0 Å². The van der Waals surface area contributed by atoms with Gasteiger partial charge in [0.25, 0.3) is 0 Å². The van der Waals surface area contributed by atoms with Gasteiger partial charge >= 0.3 is 5.97 Å². The molecule has 0 spiro atoms. The second kappa shape index (κ2) is 41.0. The van der Waals surface area contributed by atoms with E-state index in [0.29, 0.717) is 13.0 Å². The number of carbonyl (C=O) groups excluding carboxylic acids is 1. The number of carbonyl (C=O) groups is 1. The molecule has 4 nitrogen and oxygen atoms in total. The van der Waals surface area contributed by atoms with Crippen LogP contribution in [0.15, 0.2) is 72.9 Å². The number of hydrogen-bond donors (Lipinski definition) is 1. The highest BCUT2D eigenvalue weighted by molar-refractivity contribution is 5.69. The molecule has 0 aromatic rings. The Morgan fingerprint density at radius 3 is 1.33 bits per heavy atom. The predicted molar refractivity (Wildman–Crippen MR) is 209 cm³/mol. The lowest BCUT2D eigenvalue weighted by Crippen LogP contribution is -2.27. The van der Waals surface area contributed by atoms with Gasteiger partial charge in [-0.05, 0) is 57.8 Å². The first kappa shape index (κ1) is 45.8. The van der Waals surface area contributed by atoms with Crippen molar-refractivity contribution in [2.45, 2.75) is 180 Å². The maximum absolute atomic E-state index is 12.2. The summed E-state index contributed by atoms with van der Waals surface area (Å²) in [6.07, 6.45) is 55.3. The van der Waals surface area contributed by atoms with Crippen molar-refractivity contribution in [3.8, 4) is 0 Å². The van der Waals surface area contributed by atoms with Crippen LogP contribution in [0.5, 0.6) is 0 Å². The average Bonchev–Trinajstić information content (AvgIpc) is 3.09. The van der Waals surface area contributed by atoms with Crippen LogP contribution in [0.2, 0.25) is 0 Å². The topological polar surface area (TPSA) is 55.8 Å². The van der Waals surface area contributed by atoms with E-state index in [1.54, 1.807) is 0 Å². The van der Waals surface area contributed by atoms with Crippen molar-refractivity contribution in [2.75, 3.05) is 19.8 Å². The average molecular weight is 669 g/mol. The van der Waals surface area contributed by atoms with Crippen LogP contribution in [0.25, 0.3) is 0 Å². The predicted octanol–water partition coefficient (Wildman–Crippen LogP) is 13.0. The molecule has 0 aliphatic rings. The normalized spacial score (nSPS) is 13.1. The van der Waals surface area contributed by atoms with E-state index in [2.05, 4.69) is 86.8 Å². The summed E-state index contributed by atoms with van der Waals surface area (Å²) < 4.78 is 11.1. The molecule has 0 saturated heterocycles. The lowest BCUT2D eigenvalue weighted by atomic mass is 10.0. The van der Waals surface area contributed by atoms with Crippen LogP contribution >= 0.6 is 0 Å². The molecule has 48 heavy (non-hydrogen) atoms. The molecule has 1 N–H and O–H groups in total. The zero-order valence-corrected chi connectivity index (χ0v) is 31.5. The third-order valence-electron chi connectivity index (χ3n) is 8.30. The fraction of sp³-hybridized carbons (Fsp3) is 0.705. The quantitative estimate of drug-likeness (QED) is 0.0410. The highest BCUT2D eigenvalue weighted by Crippen LogP contribution is 2.14. The Labute approximate surface area is 297 Å². The summed E-state index contributed by atoms with van der Waals surface area (Å²) in [6.45, 7) is 5.09. The molecular formula is C44H76O4. The molecule has 0 aromatic carbocycles. The summed E-state index contributed by atoms with van der Waals surface area (Å²) in [5.41, 5.74) is 0. The van der Waals surface area contributed by atoms with Crippen molar-refractivity contribution in [3.05, 3.63) is 72.9 Å². The van der Waals surface area contributed by atoms with E-state index in [-0.39, 0.29) is 19.2 Å². The highest BCUT2D eigenvalue weighted by atomic mass is 16.6. The molecule has 4 heteroatoms. The number of rotatable bonds is 36. The fourth-order valence-electron chi connectivity index (χ4n) is 5.34. The van der Waals surface area contributed by atoms with Gasteiger partial charge < -0.3 is 14.6 Å². The summed E-state index contributed by atoms with van der Waals surface area (Å²) in [5.74, 6) is -0.221. The molecule has 0 amide bonds. The number of esters is 1. The number of unbranched alkanes of at least 4 members (excludes halogenated alkanes) is 16. The van der Waals surface area contributed by atoms with Crippen LogP contribution in [-0.4, -0.2) is 37.0 Å². The number of hydrogen-bond acceptors (Lipinski definition) is 4. The summed E-state index contributed by atoms with van der Waals surface area (Å²) in [7, 11) is 0. The summed E-state index contributed by atoms with van der Waals surface area (Å²) in [4.78, 5) is 12.2. The second-order valence-electron chi connectivity index (χ2n) is 13.0. The Bertz CT molecular complexity index is 835. The van der Waals surface area contributed by atoms with Gasteiger partial charge in [0.05, 0.1) is 13.2 Å². The minimum absolute atomic E-state index is 0.197. The highest BCUT2D eigenvalue weighted by Gasteiger charge is 2.13. The monoisotopic (exact) mass is 669 g/mol. The maximum Gasteiger partial charge on any atom is 0.306 e. The molecule has 0 radical (unpaired) electrons. The first-order chi connectivity index (χ1) is 23.7. The molecule has 1 unspecified atom stereocenters.